The molecule has 1 aliphatic rings. The van der Waals surface area contributed by atoms with E-state index < -0.39 is 0 Å². The van der Waals surface area contributed by atoms with E-state index in [-0.39, 0.29) is 0 Å². The van der Waals surface area contributed by atoms with Crippen molar-refractivity contribution < 1.29 is 4.52 Å². The summed E-state index contributed by atoms with van der Waals surface area (Å²) in [6, 6.07) is 8.74. The van der Waals surface area contributed by atoms with E-state index in [1.54, 1.807) is 0 Å². The van der Waals surface area contributed by atoms with E-state index in [0.29, 0.717) is 12.4 Å². The van der Waals surface area contributed by atoms with Gasteiger partial charge in [0.25, 0.3) is 0 Å². The average Bonchev–Trinajstić information content (AvgIpc) is 2.97. The van der Waals surface area contributed by atoms with Gasteiger partial charge in [-0.05, 0) is 12.5 Å². The van der Waals surface area contributed by atoms with Gasteiger partial charge in [-0.2, -0.15) is 4.98 Å². The van der Waals surface area contributed by atoms with Gasteiger partial charge < -0.3 is 10.3 Å². The van der Waals surface area contributed by atoms with Crippen molar-refractivity contribution in [2.45, 2.75) is 26.6 Å². The number of benzene rings is 1. The van der Waals surface area contributed by atoms with Gasteiger partial charge in [-0.1, -0.05) is 35.0 Å². The van der Waals surface area contributed by atoms with Gasteiger partial charge in [0.2, 0.25) is 5.89 Å². The van der Waals surface area contributed by atoms with Crippen LogP contribution in [0.2, 0.25) is 0 Å². The quantitative estimate of drug-likeness (QED) is 0.893. The van der Waals surface area contributed by atoms with Crippen LogP contribution in [0, 0.1) is 6.92 Å². The molecule has 1 aromatic carbocycles. The largest absolute Gasteiger partial charge is 0.338 e. The number of rotatable bonds is 5. The van der Waals surface area contributed by atoms with Crippen LogP contribution in [-0.4, -0.2) is 46.1 Å². The van der Waals surface area contributed by atoms with Crippen molar-refractivity contribution in [1.29, 1.82) is 0 Å². The standard InChI is InChI=1S/C16H23N5O/c1-13-3-2-4-14(9-13)11-20-5-7-21(8-6-20)12-15-18-16(10-17)22-19-15/h2-4,9H,5-8,10-12,17H2,1H3. The van der Waals surface area contributed by atoms with Crippen LogP contribution in [0.1, 0.15) is 22.8 Å². The molecule has 1 aromatic heterocycles. The van der Waals surface area contributed by atoms with Gasteiger partial charge in [0.05, 0.1) is 13.1 Å². The second-order valence-electron chi connectivity index (χ2n) is 5.85. The number of nitrogens with two attached hydrogens (primary N) is 1. The Hall–Kier alpha value is -1.76. The van der Waals surface area contributed by atoms with Gasteiger partial charge in [-0.3, -0.25) is 9.80 Å². The molecule has 118 valence electrons. The highest BCUT2D eigenvalue weighted by molar-refractivity contribution is 5.22. The molecule has 0 atom stereocenters. The van der Waals surface area contributed by atoms with E-state index in [9.17, 15) is 0 Å². The molecular weight excluding hydrogens is 278 g/mol. The number of piperazine rings is 1. The summed E-state index contributed by atoms with van der Waals surface area (Å²) in [5, 5.41) is 3.96. The molecule has 0 saturated carbocycles. The molecule has 0 radical (unpaired) electrons. The molecular formula is C16H23N5O. The first-order valence-corrected chi connectivity index (χ1v) is 7.75. The summed E-state index contributed by atoms with van der Waals surface area (Å²) in [5.74, 6) is 1.24. The summed E-state index contributed by atoms with van der Waals surface area (Å²) in [7, 11) is 0. The lowest BCUT2D eigenvalue weighted by atomic mass is 10.1. The summed E-state index contributed by atoms with van der Waals surface area (Å²) in [5.41, 5.74) is 8.19. The Labute approximate surface area is 130 Å². The van der Waals surface area contributed by atoms with E-state index in [1.807, 2.05) is 0 Å². The first-order valence-electron chi connectivity index (χ1n) is 7.75. The van der Waals surface area contributed by atoms with Crippen LogP contribution < -0.4 is 5.73 Å². The minimum atomic E-state index is 0.303. The average molecular weight is 301 g/mol. The molecule has 0 unspecified atom stereocenters. The highest BCUT2D eigenvalue weighted by Gasteiger charge is 2.18. The van der Waals surface area contributed by atoms with Crippen molar-refractivity contribution in [3.63, 3.8) is 0 Å². The van der Waals surface area contributed by atoms with E-state index >= 15 is 0 Å². The van der Waals surface area contributed by atoms with Gasteiger partial charge in [0.1, 0.15) is 0 Å². The fraction of sp³-hybridized carbons (Fsp3) is 0.500. The molecule has 0 aliphatic carbocycles. The first-order chi connectivity index (χ1) is 10.7. The molecule has 6 nitrogen and oxygen atoms in total. The summed E-state index contributed by atoms with van der Waals surface area (Å²) < 4.78 is 5.04. The molecule has 0 amide bonds. The third kappa shape index (κ3) is 3.91. The first kappa shape index (κ1) is 15.1. The lowest BCUT2D eigenvalue weighted by molar-refractivity contribution is 0.119. The Kier molecular flexibility index (Phi) is 4.82. The topological polar surface area (TPSA) is 71.4 Å². The monoisotopic (exact) mass is 301 g/mol. The van der Waals surface area contributed by atoms with Crippen LogP contribution in [0.4, 0.5) is 0 Å². The molecule has 1 saturated heterocycles. The lowest BCUT2D eigenvalue weighted by Gasteiger charge is -2.34. The second kappa shape index (κ2) is 7.00. The highest BCUT2D eigenvalue weighted by atomic mass is 16.5. The predicted molar refractivity (Wildman–Crippen MR) is 83.9 cm³/mol. The maximum Gasteiger partial charge on any atom is 0.240 e. The Bertz CT molecular complexity index is 604. The van der Waals surface area contributed by atoms with Crippen LogP contribution in [0.3, 0.4) is 0 Å². The SMILES string of the molecule is Cc1cccc(CN2CCN(Cc3noc(CN)n3)CC2)c1. The Morgan fingerprint density at radius 2 is 1.86 bits per heavy atom. The fourth-order valence-corrected chi connectivity index (χ4v) is 2.81. The van der Waals surface area contributed by atoms with Gasteiger partial charge in [-0.25, -0.2) is 0 Å². The maximum absolute atomic E-state index is 5.48. The molecule has 0 spiro atoms. The Balaban J connectivity index is 1.47. The van der Waals surface area contributed by atoms with Gasteiger partial charge in [-0.15, -0.1) is 0 Å². The smallest absolute Gasteiger partial charge is 0.240 e. The summed E-state index contributed by atoms with van der Waals surface area (Å²) in [4.78, 5) is 9.11. The van der Waals surface area contributed by atoms with Crippen molar-refractivity contribution in [2.75, 3.05) is 26.2 Å². The zero-order chi connectivity index (χ0) is 15.4. The Morgan fingerprint density at radius 1 is 1.14 bits per heavy atom. The third-order valence-corrected chi connectivity index (χ3v) is 4.00. The van der Waals surface area contributed by atoms with Gasteiger partial charge in [0.15, 0.2) is 5.82 Å². The maximum atomic E-state index is 5.48. The summed E-state index contributed by atoms with van der Waals surface area (Å²) >= 11 is 0. The molecule has 2 N–H and O–H groups in total. The lowest BCUT2D eigenvalue weighted by Crippen LogP contribution is -2.45. The van der Waals surface area contributed by atoms with Crippen LogP contribution in [0.15, 0.2) is 28.8 Å². The molecule has 3 rings (SSSR count). The van der Waals surface area contributed by atoms with E-state index in [1.165, 1.54) is 11.1 Å². The fourth-order valence-electron chi connectivity index (χ4n) is 2.81. The number of nitrogens with zero attached hydrogens (tertiary/aromatic N) is 4. The van der Waals surface area contributed by atoms with Crippen molar-refractivity contribution in [3.8, 4) is 0 Å². The molecule has 6 heteroatoms. The summed E-state index contributed by atoms with van der Waals surface area (Å²) in [6.07, 6.45) is 0. The van der Waals surface area contributed by atoms with Crippen LogP contribution >= 0.6 is 0 Å². The van der Waals surface area contributed by atoms with Crippen molar-refractivity contribution >= 4 is 0 Å². The third-order valence-electron chi connectivity index (χ3n) is 4.00. The molecule has 0 bridgehead atoms. The molecule has 22 heavy (non-hydrogen) atoms. The summed E-state index contributed by atoms with van der Waals surface area (Å²) in [6.45, 7) is 8.39. The predicted octanol–water partition coefficient (Wildman–Crippen LogP) is 1.15. The van der Waals surface area contributed by atoms with Crippen molar-refractivity contribution in [3.05, 3.63) is 47.1 Å². The molecule has 2 heterocycles. The Morgan fingerprint density at radius 3 is 2.50 bits per heavy atom. The second-order valence-corrected chi connectivity index (χ2v) is 5.85. The zero-order valence-corrected chi connectivity index (χ0v) is 13.0. The van der Waals surface area contributed by atoms with Crippen LogP contribution in [0.5, 0.6) is 0 Å². The van der Waals surface area contributed by atoms with Gasteiger partial charge >= 0.3 is 0 Å². The van der Waals surface area contributed by atoms with Crippen molar-refractivity contribution in [2.24, 2.45) is 5.73 Å². The minimum Gasteiger partial charge on any atom is -0.338 e. The zero-order valence-electron chi connectivity index (χ0n) is 13.0. The minimum absolute atomic E-state index is 0.303. The normalized spacial score (nSPS) is 17.0. The number of hydrogen-bond donors (Lipinski definition) is 1. The van der Waals surface area contributed by atoms with E-state index in [0.717, 1.165) is 45.1 Å². The molecule has 2 aromatic rings. The van der Waals surface area contributed by atoms with Crippen molar-refractivity contribution in [1.82, 2.24) is 19.9 Å². The molecule has 1 fully saturated rings. The van der Waals surface area contributed by atoms with E-state index in [2.05, 4.69) is 51.1 Å². The number of aromatic nitrogens is 2. The highest BCUT2D eigenvalue weighted by Crippen LogP contribution is 2.11. The van der Waals surface area contributed by atoms with Gasteiger partial charge in [0, 0.05) is 32.7 Å². The van der Waals surface area contributed by atoms with Crippen LogP contribution in [0.25, 0.3) is 0 Å². The van der Waals surface area contributed by atoms with Crippen LogP contribution in [-0.2, 0) is 19.6 Å². The number of hydrogen-bond acceptors (Lipinski definition) is 6. The van der Waals surface area contributed by atoms with E-state index in [4.69, 9.17) is 10.3 Å². The number of aryl methyl sites for hydroxylation is 1. The molecule has 1 aliphatic heterocycles.